The van der Waals surface area contributed by atoms with Crippen LogP contribution in [0, 0.1) is 6.92 Å². The van der Waals surface area contributed by atoms with Crippen molar-refractivity contribution >= 4 is 28.2 Å². The molecular formula is C16H25ClN2O3S. The summed E-state index contributed by atoms with van der Waals surface area (Å²) < 4.78 is 23.0. The molecule has 7 heteroatoms. The number of sulfone groups is 1. The van der Waals surface area contributed by atoms with Gasteiger partial charge in [-0.15, -0.1) is 12.4 Å². The van der Waals surface area contributed by atoms with Crippen LogP contribution < -0.4 is 10.6 Å². The van der Waals surface area contributed by atoms with Crippen LogP contribution in [0.1, 0.15) is 24.0 Å². The molecule has 23 heavy (non-hydrogen) atoms. The molecule has 0 radical (unpaired) electrons. The molecule has 0 aliphatic carbocycles. The van der Waals surface area contributed by atoms with Crippen molar-refractivity contribution in [3.63, 3.8) is 0 Å². The number of nitrogens with one attached hydrogen (secondary N) is 2. The van der Waals surface area contributed by atoms with Crippen molar-refractivity contribution in [3.8, 4) is 0 Å². The van der Waals surface area contributed by atoms with E-state index < -0.39 is 14.6 Å². The smallest absolute Gasteiger partial charge is 0.241 e. The summed E-state index contributed by atoms with van der Waals surface area (Å²) in [6.07, 6.45) is 2.54. The number of rotatable bonds is 5. The standard InChI is InChI=1S/C16H24N2O3S.ClH/c1-13-4-3-5-14(12-13)6-9-18-15(19)16(22(2,20)21)7-10-17-11-8-16;/h3-5,12,17H,6-11H2,1-2H3,(H,18,19);1H. The van der Waals surface area contributed by atoms with Gasteiger partial charge in [-0.05, 0) is 44.8 Å². The van der Waals surface area contributed by atoms with Crippen molar-refractivity contribution in [3.05, 3.63) is 35.4 Å². The molecule has 1 aromatic rings. The molecule has 0 bridgehead atoms. The number of carbonyl (C=O) groups excluding carboxylic acids is 1. The Morgan fingerprint density at radius 2 is 1.96 bits per heavy atom. The Morgan fingerprint density at radius 3 is 2.52 bits per heavy atom. The molecule has 1 aromatic carbocycles. The Hall–Kier alpha value is -1.11. The number of aryl methyl sites for hydroxylation is 1. The van der Waals surface area contributed by atoms with Gasteiger partial charge in [-0.25, -0.2) is 8.42 Å². The molecule has 2 rings (SSSR count). The number of hydrogen-bond acceptors (Lipinski definition) is 4. The minimum absolute atomic E-state index is 0. The van der Waals surface area contributed by atoms with Crippen molar-refractivity contribution < 1.29 is 13.2 Å². The van der Waals surface area contributed by atoms with Crippen molar-refractivity contribution in [2.45, 2.75) is 30.9 Å². The number of amides is 1. The molecule has 0 unspecified atom stereocenters. The van der Waals surface area contributed by atoms with E-state index in [-0.39, 0.29) is 18.3 Å². The highest BCUT2D eigenvalue weighted by atomic mass is 35.5. The summed E-state index contributed by atoms with van der Waals surface area (Å²) in [5.74, 6) is -0.357. The van der Waals surface area contributed by atoms with E-state index in [1.54, 1.807) is 0 Å². The van der Waals surface area contributed by atoms with Crippen LogP contribution in [0.3, 0.4) is 0 Å². The molecule has 0 saturated carbocycles. The first kappa shape index (κ1) is 19.9. The van der Waals surface area contributed by atoms with Crippen molar-refractivity contribution in [1.29, 1.82) is 0 Å². The lowest BCUT2D eigenvalue weighted by Crippen LogP contribution is -2.57. The fraction of sp³-hybridized carbons (Fsp3) is 0.562. The molecular weight excluding hydrogens is 336 g/mol. The average molecular weight is 361 g/mol. The molecule has 1 fully saturated rings. The number of carbonyl (C=O) groups is 1. The van der Waals surface area contributed by atoms with E-state index in [0.29, 0.717) is 38.9 Å². The second kappa shape index (κ2) is 8.13. The summed E-state index contributed by atoms with van der Waals surface area (Å²) >= 11 is 0. The lowest BCUT2D eigenvalue weighted by atomic mass is 9.95. The molecule has 1 saturated heterocycles. The lowest BCUT2D eigenvalue weighted by Gasteiger charge is -2.34. The largest absolute Gasteiger partial charge is 0.354 e. The predicted octanol–water partition coefficient (Wildman–Crippen LogP) is 1.24. The van der Waals surface area contributed by atoms with Crippen LogP contribution >= 0.6 is 12.4 Å². The molecule has 1 amide bonds. The molecule has 0 atom stereocenters. The van der Waals surface area contributed by atoms with E-state index in [4.69, 9.17) is 0 Å². The minimum atomic E-state index is -3.44. The van der Waals surface area contributed by atoms with E-state index >= 15 is 0 Å². The van der Waals surface area contributed by atoms with E-state index in [1.807, 2.05) is 25.1 Å². The Morgan fingerprint density at radius 1 is 1.30 bits per heavy atom. The van der Waals surface area contributed by atoms with Gasteiger partial charge in [-0.1, -0.05) is 29.8 Å². The highest BCUT2D eigenvalue weighted by Gasteiger charge is 2.48. The van der Waals surface area contributed by atoms with Crippen LogP contribution in [0.25, 0.3) is 0 Å². The van der Waals surface area contributed by atoms with Gasteiger partial charge in [0.2, 0.25) is 5.91 Å². The van der Waals surface area contributed by atoms with Crippen molar-refractivity contribution in [2.24, 2.45) is 0 Å². The summed E-state index contributed by atoms with van der Waals surface area (Å²) in [7, 11) is -3.44. The van der Waals surface area contributed by atoms with Crippen molar-refractivity contribution in [2.75, 3.05) is 25.9 Å². The Bertz CT molecular complexity index is 640. The van der Waals surface area contributed by atoms with Crippen LogP contribution in [-0.4, -0.2) is 45.0 Å². The van der Waals surface area contributed by atoms with E-state index in [9.17, 15) is 13.2 Å². The van der Waals surface area contributed by atoms with Gasteiger partial charge in [0.1, 0.15) is 0 Å². The quantitative estimate of drug-likeness (QED) is 0.828. The zero-order chi connectivity index (χ0) is 16.2. The van der Waals surface area contributed by atoms with Crippen molar-refractivity contribution in [1.82, 2.24) is 10.6 Å². The first-order valence-electron chi connectivity index (χ1n) is 7.59. The third-order valence-electron chi connectivity index (χ3n) is 4.32. The molecule has 0 aromatic heterocycles. The van der Waals surface area contributed by atoms with Crippen LogP contribution in [0.2, 0.25) is 0 Å². The first-order chi connectivity index (χ1) is 10.3. The number of halogens is 1. The Labute approximate surface area is 144 Å². The molecule has 0 spiro atoms. The van der Waals surface area contributed by atoms with Crippen LogP contribution in [0.15, 0.2) is 24.3 Å². The molecule has 1 aliphatic rings. The minimum Gasteiger partial charge on any atom is -0.354 e. The number of hydrogen-bond donors (Lipinski definition) is 2. The van der Waals surface area contributed by atoms with Gasteiger partial charge in [-0.2, -0.15) is 0 Å². The number of piperidine rings is 1. The van der Waals surface area contributed by atoms with Gasteiger partial charge in [0.25, 0.3) is 0 Å². The highest BCUT2D eigenvalue weighted by Crippen LogP contribution is 2.27. The molecule has 2 N–H and O–H groups in total. The summed E-state index contributed by atoms with van der Waals surface area (Å²) in [5, 5.41) is 5.93. The van der Waals surface area contributed by atoms with Crippen LogP contribution in [0.4, 0.5) is 0 Å². The van der Waals surface area contributed by atoms with Gasteiger partial charge >= 0.3 is 0 Å². The molecule has 5 nitrogen and oxygen atoms in total. The van der Waals surface area contributed by atoms with Gasteiger partial charge < -0.3 is 10.6 Å². The third-order valence-corrected chi connectivity index (χ3v) is 6.33. The maximum absolute atomic E-state index is 12.5. The maximum Gasteiger partial charge on any atom is 0.241 e. The van der Waals surface area contributed by atoms with E-state index in [0.717, 1.165) is 5.56 Å². The SMILES string of the molecule is Cc1cccc(CCNC(=O)C2(S(C)(=O)=O)CCNCC2)c1.Cl. The number of benzene rings is 1. The molecule has 1 heterocycles. The Kier molecular flexibility index (Phi) is 7.04. The second-order valence-corrected chi connectivity index (χ2v) is 8.34. The van der Waals surface area contributed by atoms with Gasteiger partial charge in [-0.3, -0.25) is 4.79 Å². The first-order valence-corrected chi connectivity index (χ1v) is 9.48. The zero-order valence-electron chi connectivity index (χ0n) is 13.6. The van der Waals surface area contributed by atoms with Gasteiger partial charge in [0.15, 0.2) is 14.6 Å². The fourth-order valence-corrected chi connectivity index (χ4v) is 4.30. The predicted molar refractivity (Wildman–Crippen MR) is 94.8 cm³/mol. The highest BCUT2D eigenvalue weighted by molar-refractivity contribution is 7.92. The molecule has 1 aliphatic heterocycles. The topological polar surface area (TPSA) is 75.3 Å². The lowest BCUT2D eigenvalue weighted by molar-refractivity contribution is -0.124. The monoisotopic (exact) mass is 360 g/mol. The van der Waals surface area contributed by atoms with Crippen LogP contribution in [-0.2, 0) is 21.1 Å². The summed E-state index contributed by atoms with van der Waals surface area (Å²) in [6.45, 7) is 3.58. The van der Waals surface area contributed by atoms with E-state index in [2.05, 4.69) is 16.7 Å². The normalized spacial score (nSPS) is 17.1. The zero-order valence-corrected chi connectivity index (χ0v) is 15.2. The average Bonchev–Trinajstić information content (AvgIpc) is 2.47. The maximum atomic E-state index is 12.5. The Balaban J connectivity index is 0.00000264. The fourth-order valence-electron chi connectivity index (χ4n) is 2.95. The van der Waals surface area contributed by atoms with Gasteiger partial charge in [0, 0.05) is 12.8 Å². The summed E-state index contributed by atoms with van der Waals surface area (Å²) in [5.41, 5.74) is 2.31. The van der Waals surface area contributed by atoms with Crippen LogP contribution in [0.5, 0.6) is 0 Å². The van der Waals surface area contributed by atoms with Gasteiger partial charge in [0.05, 0.1) is 0 Å². The third kappa shape index (κ3) is 4.68. The second-order valence-electron chi connectivity index (χ2n) is 6.01. The summed E-state index contributed by atoms with van der Waals surface area (Å²) in [6, 6.07) is 8.09. The van der Waals surface area contributed by atoms with E-state index in [1.165, 1.54) is 11.8 Å². The molecule has 130 valence electrons. The summed E-state index contributed by atoms with van der Waals surface area (Å²) in [4.78, 5) is 12.5.